The number of carbonyl (C=O) groups is 1. The van der Waals surface area contributed by atoms with Crippen molar-refractivity contribution in [1.82, 2.24) is 15.5 Å². The van der Waals surface area contributed by atoms with E-state index in [0.29, 0.717) is 19.6 Å². The van der Waals surface area contributed by atoms with Crippen molar-refractivity contribution in [2.75, 3.05) is 33.8 Å². The Morgan fingerprint density at radius 2 is 1.84 bits per heavy atom. The van der Waals surface area contributed by atoms with Crippen LogP contribution in [0.1, 0.15) is 33.3 Å². The molecule has 0 aliphatic rings. The molecule has 0 atom stereocenters. The third-order valence-electron chi connectivity index (χ3n) is 3.87. The molecule has 6 heteroatoms. The molecule has 0 aliphatic carbocycles. The Hall–Kier alpha value is -2.24. The summed E-state index contributed by atoms with van der Waals surface area (Å²) in [6, 6.07) is 7.94. The van der Waals surface area contributed by atoms with Gasteiger partial charge in [-0.05, 0) is 33.8 Å². The lowest BCUT2D eigenvalue weighted by molar-refractivity contribution is -0.128. The Morgan fingerprint density at radius 1 is 1.20 bits per heavy atom. The molecule has 0 radical (unpaired) electrons. The summed E-state index contributed by atoms with van der Waals surface area (Å²) in [6.45, 7) is 10.2. The van der Waals surface area contributed by atoms with Crippen LogP contribution in [0.2, 0.25) is 0 Å². The van der Waals surface area contributed by atoms with Gasteiger partial charge in [0.1, 0.15) is 5.75 Å². The van der Waals surface area contributed by atoms with Crippen LogP contribution in [0.4, 0.5) is 0 Å². The Labute approximate surface area is 151 Å². The highest BCUT2D eigenvalue weighted by Crippen LogP contribution is 2.19. The van der Waals surface area contributed by atoms with Crippen molar-refractivity contribution in [1.29, 1.82) is 0 Å². The summed E-state index contributed by atoms with van der Waals surface area (Å²) < 4.78 is 5.42. The van der Waals surface area contributed by atoms with Gasteiger partial charge in [-0.15, -0.1) is 0 Å². The number of hydrogen-bond acceptors (Lipinski definition) is 3. The third-order valence-corrected chi connectivity index (χ3v) is 3.87. The third kappa shape index (κ3) is 6.29. The molecule has 0 aromatic heterocycles. The molecule has 0 bridgehead atoms. The summed E-state index contributed by atoms with van der Waals surface area (Å²) in [5.74, 6) is 1.64. The number of guanidine groups is 1. The van der Waals surface area contributed by atoms with Gasteiger partial charge in [0.25, 0.3) is 0 Å². The van der Waals surface area contributed by atoms with Crippen molar-refractivity contribution in [3.8, 4) is 5.75 Å². The summed E-state index contributed by atoms with van der Waals surface area (Å²) >= 11 is 0. The molecule has 0 fully saturated rings. The Balaban J connectivity index is 2.88. The predicted molar refractivity (Wildman–Crippen MR) is 103 cm³/mol. The molecule has 140 valence electrons. The summed E-state index contributed by atoms with van der Waals surface area (Å²) in [4.78, 5) is 18.9. The van der Waals surface area contributed by atoms with E-state index in [1.54, 1.807) is 7.11 Å². The maximum atomic E-state index is 12.1. The van der Waals surface area contributed by atoms with E-state index in [4.69, 9.17) is 4.74 Å². The molecule has 6 nitrogen and oxygen atoms in total. The van der Waals surface area contributed by atoms with Crippen LogP contribution in [0.5, 0.6) is 5.75 Å². The fourth-order valence-electron chi connectivity index (χ4n) is 2.38. The van der Waals surface area contributed by atoms with E-state index in [1.165, 1.54) is 0 Å². The van der Waals surface area contributed by atoms with Gasteiger partial charge in [0.15, 0.2) is 5.96 Å². The first-order valence-electron chi connectivity index (χ1n) is 8.75. The van der Waals surface area contributed by atoms with E-state index in [9.17, 15) is 4.79 Å². The van der Waals surface area contributed by atoms with Crippen molar-refractivity contribution in [2.24, 2.45) is 10.4 Å². The van der Waals surface area contributed by atoms with Crippen LogP contribution >= 0.6 is 0 Å². The second-order valence-electron chi connectivity index (χ2n) is 6.58. The number of hydrogen-bond donors (Lipinski definition) is 2. The van der Waals surface area contributed by atoms with Crippen LogP contribution in [0.25, 0.3) is 0 Å². The molecule has 0 heterocycles. The molecular formula is C19H32N4O2. The van der Waals surface area contributed by atoms with Gasteiger partial charge in [-0.3, -0.25) is 9.79 Å². The van der Waals surface area contributed by atoms with Crippen molar-refractivity contribution in [3.63, 3.8) is 0 Å². The molecule has 0 saturated carbocycles. The highest BCUT2D eigenvalue weighted by Gasteiger charge is 2.27. The minimum Gasteiger partial charge on any atom is -0.496 e. The minimum absolute atomic E-state index is 0.0157. The molecule has 1 aromatic carbocycles. The Bertz CT molecular complexity index is 585. The highest BCUT2D eigenvalue weighted by atomic mass is 16.5. The summed E-state index contributed by atoms with van der Waals surface area (Å²) in [6.07, 6.45) is 0. The lowest BCUT2D eigenvalue weighted by Crippen LogP contribution is -2.42. The number of methoxy groups -OCH3 is 1. The smallest absolute Gasteiger partial charge is 0.227 e. The number of benzene rings is 1. The lowest BCUT2D eigenvalue weighted by atomic mass is 9.92. The number of ether oxygens (including phenoxy) is 1. The largest absolute Gasteiger partial charge is 0.496 e. The normalized spacial score (nSPS) is 11.8. The second kappa shape index (κ2) is 9.91. The molecule has 1 amide bonds. The average molecular weight is 348 g/mol. The SMILES string of the molecule is CCNC(=O)C(C)(C)CN=C(NCC)N(C)Cc1ccccc1OC. The lowest BCUT2D eigenvalue weighted by Gasteiger charge is -2.26. The fraction of sp³-hybridized carbons (Fsp3) is 0.579. The second-order valence-corrected chi connectivity index (χ2v) is 6.58. The van der Waals surface area contributed by atoms with E-state index in [0.717, 1.165) is 23.8 Å². The zero-order valence-corrected chi connectivity index (χ0v) is 16.3. The molecule has 1 aromatic rings. The van der Waals surface area contributed by atoms with Crippen LogP contribution in [-0.2, 0) is 11.3 Å². The molecular weight excluding hydrogens is 316 g/mol. The first kappa shape index (κ1) is 20.8. The van der Waals surface area contributed by atoms with Gasteiger partial charge in [0.2, 0.25) is 5.91 Å². The minimum atomic E-state index is -0.554. The summed E-state index contributed by atoms with van der Waals surface area (Å²) in [7, 11) is 3.65. The molecule has 0 unspecified atom stereocenters. The Morgan fingerprint density at radius 3 is 2.44 bits per heavy atom. The maximum absolute atomic E-state index is 12.1. The molecule has 2 N–H and O–H groups in total. The highest BCUT2D eigenvalue weighted by molar-refractivity contribution is 5.83. The van der Waals surface area contributed by atoms with Crippen molar-refractivity contribution < 1.29 is 9.53 Å². The molecule has 0 aliphatic heterocycles. The quantitative estimate of drug-likeness (QED) is 0.559. The van der Waals surface area contributed by atoms with E-state index >= 15 is 0 Å². The number of para-hydroxylation sites is 1. The monoisotopic (exact) mass is 348 g/mol. The maximum Gasteiger partial charge on any atom is 0.227 e. The van der Waals surface area contributed by atoms with Gasteiger partial charge < -0.3 is 20.3 Å². The fourth-order valence-corrected chi connectivity index (χ4v) is 2.38. The van der Waals surface area contributed by atoms with Crippen LogP contribution in [0.3, 0.4) is 0 Å². The predicted octanol–water partition coefficient (Wildman–Crippen LogP) is 2.25. The van der Waals surface area contributed by atoms with E-state index in [2.05, 4.69) is 15.6 Å². The molecule has 1 rings (SSSR count). The summed E-state index contributed by atoms with van der Waals surface area (Å²) in [5.41, 5.74) is 0.531. The van der Waals surface area contributed by atoms with Crippen molar-refractivity contribution in [3.05, 3.63) is 29.8 Å². The molecule has 25 heavy (non-hydrogen) atoms. The number of carbonyl (C=O) groups excluding carboxylic acids is 1. The van der Waals surface area contributed by atoms with Gasteiger partial charge in [-0.25, -0.2) is 0 Å². The Kier molecular flexibility index (Phi) is 8.25. The standard InChI is InChI=1S/C19H32N4O2/c1-7-20-17(24)19(3,4)14-22-18(21-8-2)23(5)13-15-11-9-10-12-16(15)25-6/h9-12H,7-8,13-14H2,1-6H3,(H,20,24)(H,21,22). The van der Waals surface area contributed by atoms with E-state index in [-0.39, 0.29) is 5.91 Å². The van der Waals surface area contributed by atoms with E-state index < -0.39 is 5.41 Å². The van der Waals surface area contributed by atoms with Crippen molar-refractivity contribution in [2.45, 2.75) is 34.2 Å². The van der Waals surface area contributed by atoms with Crippen LogP contribution in [0.15, 0.2) is 29.3 Å². The van der Waals surface area contributed by atoms with Gasteiger partial charge in [-0.1, -0.05) is 18.2 Å². The number of nitrogens with zero attached hydrogens (tertiary/aromatic N) is 2. The van der Waals surface area contributed by atoms with Crippen molar-refractivity contribution >= 4 is 11.9 Å². The van der Waals surface area contributed by atoms with Crippen LogP contribution in [0, 0.1) is 5.41 Å². The van der Waals surface area contributed by atoms with Gasteiger partial charge >= 0.3 is 0 Å². The number of rotatable bonds is 8. The topological polar surface area (TPSA) is 66.0 Å². The zero-order valence-electron chi connectivity index (χ0n) is 16.3. The van der Waals surface area contributed by atoms with Gasteiger partial charge in [-0.2, -0.15) is 0 Å². The number of aliphatic imine (C=N–C) groups is 1. The van der Waals surface area contributed by atoms with Crippen LogP contribution < -0.4 is 15.4 Å². The van der Waals surface area contributed by atoms with E-state index in [1.807, 2.05) is 63.9 Å². The number of amides is 1. The zero-order chi connectivity index (χ0) is 18.9. The number of nitrogens with one attached hydrogen (secondary N) is 2. The molecule has 0 saturated heterocycles. The average Bonchev–Trinajstić information content (AvgIpc) is 2.59. The first-order valence-corrected chi connectivity index (χ1v) is 8.75. The van der Waals surface area contributed by atoms with Crippen LogP contribution in [-0.4, -0.2) is 50.6 Å². The summed E-state index contributed by atoms with van der Waals surface area (Å²) in [5, 5.41) is 6.15. The molecule has 0 spiro atoms. The van der Waals surface area contributed by atoms with Gasteiger partial charge in [0, 0.05) is 32.2 Å². The van der Waals surface area contributed by atoms with Gasteiger partial charge in [0.05, 0.1) is 19.1 Å². The first-order chi connectivity index (χ1) is 11.9.